The Kier molecular flexibility index (Phi) is 2.76. The summed E-state index contributed by atoms with van der Waals surface area (Å²) in [6, 6.07) is 8.20. The molecule has 0 amide bonds. The van der Waals surface area contributed by atoms with Gasteiger partial charge in [0.1, 0.15) is 0 Å². The van der Waals surface area contributed by atoms with Gasteiger partial charge in [0.05, 0.1) is 0 Å². The Hall–Kier alpha value is -0.490. The van der Waals surface area contributed by atoms with E-state index in [0.29, 0.717) is 5.88 Å². The molecule has 0 saturated carbocycles. The molecule has 0 aliphatic carbocycles. The summed E-state index contributed by atoms with van der Waals surface area (Å²) in [7, 11) is 0. The Morgan fingerprint density at radius 2 is 2.30 bits per heavy atom. The lowest BCUT2D eigenvalue weighted by molar-refractivity contribution is 1.34. The topological polar surface area (TPSA) is 0 Å². The SMILES string of the molecule is C[CH]c1cccc(CCl)c1. The van der Waals surface area contributed by atoms with Gasteiger partial charge in [-0.25, -0.2) is 0 Å². The van der Waals surface area contributed by atoms with Crippen molar-refractivity contribution in [1.82, 2.24) is 0 Å². The van der Waals surface area contributed by atoms with Gasteiger partial charge in [-0.2, -0.15) is 0 Å². The molecule has 53 valence electrons. The smallest absolute Gasteiger partial charge is 0.0474 e. The maximum Gasteiger partial charge on any atom is 0.0474 e. The Balaban J connectivity index is 2.87. The summed E-state index contributed by atoms with van der Waals surface area (Å²) in [4.78, 5) is 0. The van der Waals surface area contributed by atoms with E-state index in [-0.39, 0.29) is 0 Å². The van der Waals surface area contributed by atoms with Crippen LogP contribution < -0.4 is 0 Å². The minimum Gasteiger partial charge on any atom is -0.122 e. The molecule has 1 aromatic carbocycles. The molecule has 0 spiro atoms. The predicted molar refractivity (Wildman–Crippen MR) is 45.1 cm³/mol. The first-order chi connectivity index (χ1) is 4.86. The van der Waals surface area contributed by atoms with Crippen molar-refractivity contribution in [1.29, 1.82) is 0 Å². The van der Waals surface area contributed by atoms with Crippen LogP contribution in [0.3, 0.4) is 0 Å². The van der Waals surface area contributed by atoms with Crippen molar-refractivity contribution in [3.63, 3.8) is 0 Å². The van der Waals surface area contributed by atoms with E-state index in [9.17, 15) is 0 Å². The van der Waals surface area contributed by atoms with Crippen LogP contribution in [0, 0.1) is 6.42 Å². The third-order valence-corrected chi connectivity index (χ3v) is 1.75. The Labute approximate surface area is 66.8 Å². The maximum absolute atomic E-state index is 5.64. The predicted octanol–water partition coefficient (Wildman–Crippen LogP) is 3.00. The number of benzene rings is 1. The van der Waals surface area contributed by atoms with E-state index in [1.165, 1.54) is 11.1 Å². The summed E-state index contributed by atoms with van der Waals surface area (Å²) in [6.07, 6.45) is 2.07. The molecular formula is C9H10Cl. The highest BCUT2D eigenvalue weighted by Crippen LogP contribution is 2.08. The summed E-state index contributed by atoms with van der Waals surface area (Å²) in [5.74, 6) is 0.599. The Bertz CT molecular complexity index is 186. The van der Waals surface area contributed by atoms with Gasteiger partial charge in [0.25, 0.3) is 0 Å². The van der Waals surface area contributed by atoms with Gasteiger partial charge in [0.2, 0.25) is 0 Å². The van der Waals surface area contributed by atoms with Crippen LogP contribution in [0.2, 0.25) is 0 Å². The van der Waals surface area contributed by atoms with E-state index in [2.05, 4.69) is 18.6 Å². The van der Waals surface area contributed by atoms with Gasteiger partial charge in [-0.05, 0) is 17.5 Å². The molecule has 0 atom stereocenters. The average Bonchev–Trinajstić information content (AvgIpc) is 2.05. The van der Waals surface area contributed by atoms with Crippen molar-refractivity contribution in [3.8, 4) is 0 Å². The molecule has 0 fully saturated rings. The monoisotopic (exact) mass is 153 g/mol. The Morgan fingerprint density at radius 1 is 1.50 bits per heavy atom. The van der Waals surface area contributed by atoms with Gasteiger partial charge >= 0.3 is 0 Å². The standard InChI is InChI=1S/C9H10Cl/c1-2-8-4-3-5-9(6-8)7-10/h2-6H,7H2,1H3. The second-order valence-corrected chi connectivity index (χ2v) is 2.43. The fourth-order valence-corrected chi connectivity index (χ4v) is 1.02. The average molecular weight is 154 g/mol. The van der Waals surface area contributed by atoms with Crippen molar-refractivity contribution in [2.24, 2.45) is 0 Å². The van der Waals surface area contributed by atoms with E-state index in [1.54, 1.807) is 0 Å². The molecule has 0 unspecified atom stereocenters. The number of hydrogen-bond donors (Lipinski definition) is 0. The molecule has 0 aromatic heterocycles. The molecule has 1 heteroatoms. The quantitative estimate of drug-likeness (QED) is 0.573. The van der Waals surface area contributed by atoms with E-state index < -0.39 is 0 Å². The fourth-order valence-electron chi connectivity index (χ4n) is 0.856. The number of rotatable bonds is 2. The molecule has 1 aromatic rings. The van der Waals surface area contributed by atoms with Gasteiger partial charge in [-0.3, -0.25) is 0 Å². The van der Waals surface area contributed by atoms with Gasteiger partial charge < -0.3 is 0 Å². The van der Waals surface area contributed by atoms with Gasteiger partial charge in [0.15, 0.2) is 0 Å². The number of halogens is 1. The van der Waals surface area contributed by atoms with Crippen molar-refractivity contribution < 1.29 is 0 Å². The van der Waals surface area contributed by atoms with Crippen LogP contribution in [-0.4, -0.2) is 0 Å². The van der Waals surface area contributed by atoms with Crippen LogP contribution in [0.5, 0.6) is 0 Å². The van der Waals surface area contributed by atoms with E-state index >= 15 is 0 Å². The molecule has 0 saturated heterocycles. The van der Waals surface area contributed by atoms with E-state index in [0.717, 1.165) is 0 Å². The molecule has 0 aliphatic rings. The van der Waals surface area contributed by atoms with Crippen molar-refractivity contribution in [2.45, 2.75) is 12.8 Å². The molecule has 1 radical (unpaired) electrons. The van der Waals surface area contributed by atoms with Crippen LogP contribution in [-0.2, 0) is 5.88 Å². The molecule has 0 N–H and O–H groups in total. The van der Waals surface area contributed by atoms with Crippen LogP contribution in [0.1, 0.15) is 18.1 Å². The van der Waals surface area contributed by atoms with Crippen molar-refractivity contribution in [2.75, 3.05) is 0 Å². The zero-order valence-corrected chi connectivity index (χ0v) is 6.73. The minimum absolute atomic E-state index is 0.599. The number of hydrogen-bond acceptors (Lipinski definition) is 0. The highest BCUT2D eigenvalue weighted by Gasteiger charge is 1.90. The first-order valence-corrected chi connectivity index (χ1v) is 3.84. The normalized spacial score (nSPS) is 9.80. The molecular weight excluding hydrogens is 144 g/mol. The van der Waals surface area contributed by atoms with Crippen LogP contribution in [0.15, 0.2) is 24.3 Å². The lowest BCUT2D eigenvalue weighted by atomic mass is 10.1. The van der Waals surface area contributed by atoms with Gasteiger partial charge in [-0.15, -0.1) is 11.6 Å². The Morgan fingerprint density at radius 3 is 2.90 bits per heavy atom. The second-order valence-electron chi connectivity index (χ2n) is 2.17. The highest BCUT2D eigenvalue weighted by molar-refractivity contribution is 6.17. The third kappa shape index (κ3) is 1.74. The molecule has 10 heavy (non-hydrogen) atoms. The largest absolute Gasteiger partial charge is 0.122 e. The maximum atomic E-state index is 5.64. The summed E-state index contributed by atoms with van der Waals surface area (Å²) in [6.45, 7) is 2.02. The molecule has 0 bridgehead atoms. The van der Waals surface area contributed by atoms with Gasteiger partial charge in [0, 0.05) is 5.88 Å². The summed E-state index contributed by atoms with van der Waals surface area (Å²) >= 11 is 5.64. The van der Waals surface area contributed by atoms with Crippen molar-refractivity contribution >= 4 is 11.6 Å². The third-order valence-electron chi connectivity index (χ3n) is 1.44. The fraction of sp³-hybridized carbons (Fsp3) is 0.222. The second kappa shape index (κ2) is 3.62. The zero-order valence-electron chi connectivity index (χ0n) is 5.97. The summed E-state index contributed by atoms with van der Waals surface area (Å²) in [5.41, 5.74) is 2.41. The lowest BCUT2D eigenvalue weighted by Crippen LogP contribution is -1.80. The first-order valence-electron chi connectivity index (χ1n) is 3.31. The van der Waals surface area contributed by atoms with Crippen LogP contribution in [0.4, 0.5) is 0 Å². The highest BCUT2D eigenvalue weighted by atomic mass is 35.5. The molecule has 1 rings (SSSR count). The zero-order chi connectivity index (χ0) is 7.40. The summed E-state index contributed by atoms with van der Waals surface area (Å²) in [5, 5.41) is 0. The van der Waals surface area contributed by atoms with Crippen LogP contribution >= 0.6 is 11.6 Å². The lowest BCUT2D eigenvalue weighted by Gasteiger charge is -1.97. The first kappa shape index (κ1) is 7.62. The van der Waals surface area contributed by atoms with Gasteiger partial charge in [-0.1, -0.05) is 31.2 Å². The minimum atomic E-state index is 0.599. The van der Waals surface area contributed by atoms with E-state index in [1.807, 2.05) is 19.1 Å². The van der Waals surface area contributed by atoms with E-state index in [4.69, 9.17) is 11.6 Å². The number of alkyl halides is 1. The molecule has 0 heterocycles. The molecule has 0 nitrogen and oxygen atoms in total. The molecule has 0 aliphatic heterocycles. The van der Waals surface area contributed by atoms with Crippen molar-refractivity contribution in [3.05, 3.63) is 41.8 Å². The van der Waals surface area contributed by atoms with Crippen LogP contribution in [0.25, 0.3) is 0 Å². The summed E-state index contributed by atoms with van der Waals surface area (Å²) < 4.78 is 0.